The number of aromatic nitrogens is 2. The second-order valence-electron chi connectivity index (χ2n) is 6.33. The van der Waals surface area contributed by atoms with Crippen LogP contribution in [0.15, 0.2) is 30.3 Å². The van der Waals surface area contributed by atoms with Crippen LogP contribution in [0.25, 0.3) is 0 Å². The summed E-state index contributed by atoms with van der Waals surface area (Å²) < 4.78 is 0.406. The molecular formula is C20H29N5OS. The smallest absolute Gasteiger partial charge is 0.244 e. The minimum absolute atomic E-state index is 0.106. The molecule has 0 radical (unpaired) electrons. The number of hydrogen-bond donors (Lipinski definition) is 2. The largest absolute Gasteiger partial charge is 0.362 e. The molecule has 0 saturated heterocycles. The van der Waals surface area contributed by atoms with Gasteiger partial charge < -0.3 is 20.1 Å². The SMILES string of the molecule is CCCN(CC(=O)Nc1c(N(CC)CC)[nH]c(C)nc1=S)c1ccccc1. The van der Waals surface area contributed by atoms with E-state index in [9.17, 15) is 4.79 Å². The first-order valence-electron chi connectivity index (χ1n) is 9.45. The minimum atomic E-state index is -0.106. The molecule has 27 heavy (non-hydrogen) atoms. The van der Waals surface area contributed by atoms with Crippen molar-refractivity contribution in [3.63, 3.8) is 0 Å². The van der Waals surface area contributed by atoms with E-state index in [2.05, 4.69) is 45.9 Å². The maximum Gasteiger partial charge on any atom is 0.244 e. The number of aromatic amines is 1. The summed E-state index contributed by atoms with van der Waals surface area (Å²) in [6, 6.07) is 9.97. The number of nitrogens with one attached hydrogen (secondary N) is 2. The number of carbonyl (C=O) groups excluding carboxylic acids is 1. The van der Waals surface area contributed by atoms with Gasteiger partial charge in [0.15, 0.2) is 4.64 Å². The van der Waals surface area contributed by atoms with Crippen LogP contribution in [-0.4, -0.2) is 42.1 Å². The fourth-order valence-corrected chi connectivity index (χ4v) is 3.31. The molecule has 1 aromatic carbocycles. The molecule has 2 aromatic rings. The predicted molar refractivity (Wildman–Crippen MR) is 115 cm³/mol. The molecule has 1 heterocycles. The van der Waals surface area contributed by atoms with E-state index in [4.69, 9.17) is 12.2 Å². The number of rotatable bonds is 9. The number of para-hydroxylation sites is 1. The standard InChI is InChI=1S/C20H29N5OS/c1-5-13-25(16-11-9-8-10-12-16)14-17(26)23-18-19(24(6-2)7-3)21-15(4)22-20(18)27/h8-12H,5-7,13-14H2,1-4H3,(H,23,26)(H,21,22,27). The Labute approximate surface area is 166 Å². The maximum atomic E-state index is 12.8. The van der Waals surface area contributed by atoms with E-state index in [0.29, 0.717) is 10.3 Å². The lowest BCUT2D eigenvalue weighted by molar-refractivity contribution is -0.115. The van der Waals surface area contributed by atoms with Gasteiger partial charge in [0, 0.05) is 25.3 Å². The van der Waals surface area contributed by atoms with Gasteiger partial charge in [-0.15, -0.1) is 0 Å². The molecule has 1 amide bonds. The molecule has 1 aromatic heterocycles. The van der Waals surface area contributed by atoms with Crippen molar-refractivity contribution in [3.05, 3.63) is 40.8 Å². The summed E-state index contributed by atoms with van der Waals surface area (Å²) >= 11 is 5.43. The zero-order valence-corrected chi connectivity index (χ0v) is 17.4. The van der Waals surface area contributed by atoms with E-state index in [1.807, 2.05) is 37.3 Å². The number of anilines is 3. The number of nitrogens with zero attached hydrogens (tertiary/aromatic N) is 3. The van der Waals surface area contributed by atoms with E-state index in [1.54, 1.807) is 0 Å². The van der Waals surface area contributed by atoms with Crippen LogP contribution in [-0.2, 0) is 4.79 Å². The van der Waals surface area contributed by atoms with Gasteiger partial charge in [0.1, 0.15) is 17.3 Å². The second-order valence-corrected chi connectivity index (χ2v) is 6.72. The Morgan fingerprint density at radius 2 is 1.81 bits per heavy atom. The molecule has 0 aliphatic rings. The van der Waals surface area contributed by atoms with Crippen molar-refractivity contribution in [3.8, 4) is 0 Å². The van der Waals surface area contributed by atoms with Gasteiger partial charge in [0.2, 0.25) is 5.91 Å². The summed E-state index contributed by atoms with van der Waals surface area (Å²) in [5.74, 6) is 1.44. The zero-order chi connectivity index (χ0) is 19.8. The van der Waals surface area contributed by atoms with Crippen molar-refractivity contribution in [1.82, 2.24) is 9.97 Å². The lowest BCUT2D eigenvalue weighted by atomic mass is 10.2. The van der Waals surface area contributed by atoms with Crippen molar-refractivity contribution in [2.75, 3.05) is 41.3 Å². The predicted octanol–water partition coefficient (Wildman–Crippen LogP) is 4.15. The van der Waals surface area contributed by atoms with Crippen molar-refractivity contribution in [1.29, 1.82) is 0 Å². The normalized spacial score (nSPS) is 10.5. The van der Waals surface area contributed by atoms with E-state index < -0.39 is 0 Å². The Kier molecular flexibility index (Phi) is 7.79. The van der Waals surface area contributed by atoms with E-state index >= 15 is 0 Å². The van der Waals surface area contributed by atoms with Crippen LogP contribution in [0.1, 0.15) is 33.0 Å². The molecule has 0 bridgehead atoms. The van der Waals surface area contributed by atoms with Crippen molar-refractivity contribution < 1.29 is 4.79 Å². The fourth-order valence-electron chi connectivity index (χ4n) is 3.02. The van der Waals surface area contributed by atoms with Crippen molar-refractivity contribution in [2.45, 2.75) is 34.1 Å². The third-order valence-electron chi connectivity index (χ3n) is 4.31. The van der Waals surface area contributed by atoms with Gasteiger partial charge in [-0.25, -0.2) is 4.98 Å². The van der Waals surface area contributed by atoms with Crippen LogP contribution in [0.2, 0.25) is 0 Å². The van der Waals surface area contributed by atoms with Crippen LogP contribution >= 0.6 is 12.2 Å². The molecule has 0 saturated carbocycles. The molecule has 0 spiro atoms. The maximum absolute atomic E-state index is 12.8. The van der Waals surface area contributed by atoms with E-state index in [0.717, 1.165) is 43.4 Å². The molecule has 0 aliphatic carbocycles. The molecule has 0 atom stereocenters. The monoisotopic (exact) mass is 387 g/mol. The molecule has 2 rings (SSSR count). The Hall–Kier alpha value is -2.41. The summed E-state index contributed by atoms with van der Waals surface area (Å²) in [5.41, 5.74) is 1.61. The van der Waals surface area contributed by atoms with Crippen LogP contribution in [0, 0.1) is 11.6 Å². The average molecular weight is 388 g/mol. The number of benzene rings is 1. The van der Waals surface area contributed by atoms with Gasteiger partial charge in [-0.3, -0.25) is 4.79 Å². The van der Waals surface area contributed by atoms with Crippen LogP contribution in [0.5, 0.6) is 0 Å². The molecule has 146 valence electrons. The number of aryl methyl sites for hydroxylation is 1. The van der Waals surface area contributed by atoms with E-state index in [-0.39, 0.29) is 12.5 Å². The Balaban J connectivity index is 2.25. The summed E-state index contributed by atoms with van der Waals surface area (Å²) in [4.78, 5) is 24.6. The second kappa shape index (κ2) is 10.1. The number of hydrogen-bond acceptors (Lipinski definition) is 5. The zero-order valence-electron chi connectivity index (χ0n) is 16.6. The lowest BCUT2D eigenvalue weighted by Gasteiger charge is -2.26. The molecule has 6 nitrogen and oxygen atoms in total. The van der Waals surface area contributed by atoms with Crippen LogP contribution in [0.4, 0.5) is 17.2 Å². The highest BCUT2D eigenvalue weighted by atomic mass is 32.1. The first-order valence-corrected chi connectivity index (χ1v) is 9.86. The summed E-state index contributed by atoms with van der Waals surface area (Å²) in [5, 5.41) is 2.99. The highest BCUT2D eigenvalue weighted by Crippen LogP contribution is 2.24. The van der Waals surface area contributed by atoms with Crippen molar-refractivity contribution in [2.24, 2.45) is 0 Å². The highest BCUT2D eigenvalue weighted by molar-refractivity contribution is 7.71. The molecule has 2 N–H and O–H groups in total. The van der Waals surface area contributed by atoms with Gasteiger partial charge in [0.25, 0.3) is 0 Å². The third-order valence-corrected chi connectivity index (χ3v) is 4.61. The molecular weight excluding hydrogens is 358 g/mol. The Bertz CT molecular complexity index is 802. The first kappa shape index (κ1) is 20.9. The summed E-state index contributed by atoms with van der Waals surface area (Å²) in [6.07, 6.45) is 0.957. The van der Waals surface area contributed by atoms with Crippen molar-refractivity contribution >= 4 is 35.3 Å². The number of amides is 1. The quantitative estimate of drug-likeness (QED) is 0.633. The average Bonchev–Trinajstić information content (AvgIpc) is 2.65. The van der Waals surface area contributed by atoms with E-state index in [1.165, 1.54) is 0 Å². The molecule has 0 unspecified atom stereocenters. The number of H-pyrrole nitrogens is 1. The van der Waals surface area contributed by atoms with Crippen LogP contribution in [0.3, 0.4) is 0 Å². The van der Waals surface area contributed by atoms with Gasteiger partial charge >= 0.3 is 0 Å². The van der Waals surface area contributed by atoms with Gasteiger partial charge in [-0.2, -0.15) is 0 Å². The summed E-state index contributed by atoms with van der Waals surface area (Å²) in [7, 11) is 0. The van der Waals surface area contributed by atoms with Crippen LogP contribution < -0.4 is 15.1 Å². The lowest BCUT2D eigenvalue weighted by Crippen LogP contribution is -2.34. The van der Waals surface area contributed by atoms with Gasteiger partial charge in [-0.05, 0) is 39.3 Å². The number of carbonyl (C=O) groups is 1. The molecule has 7 heteroatoms. The van der Waals surface area contributed by atoms with Gasteiger partial charge in [0.05, 0.1) is 6.54 Å². The fraction of sp³-hybridized carbons (Fsp3) is 0.450. The minimum Gasteiger partial charge on any atom is -0.362 e. The first-order chi connectivity index (χ1) is 13.0. The Morgan fingerprint density at radius 3 is 2.41 bits per heavy atom. The Morgan fingerprint density at radius 1 is 1.15 bits per heavy atom. The third kappa shape index (κ3) is 5.53. The molecule has 0 fully saturated rings. The highest BCUT2D eigenvalue weighted by Gasteiger charge is 2.17. The summed E-state index contributed by atoms with van der Waals surface area (Å²) in [6.45, 7) is 10.8. The molecule has 0 aliphatic heterocycles. The topological polar surface area (TPSA) is 64.3 Å². The van der Waals surface area contributed by atoms with Gasteiger partial charge in [-0.1, -0.05) is 37.3 Å².